The molecule has 3 rings (SSSR count). The maximum absolute atomic E-state index is 9.55. The summed E-state index contributed by atoms with van der Waals surface area (Å²) in [5.74, 6) is -0.329. The number of phenolic OH excluding ortho intramolecular Hbond substituents is 2. The van der Waals surface area contributed by atoms with Crippen LogP contribution in [0.3, 0.4) is 0 Å². The van der Waals surface area contributed by atoms with E-state index in [1.165, 1.54) is 23.5 Å². The molecule has 0 amide bonds. The van der Waals surface area contributed by atoms with E-state index >= 15 is 0 Å². The molecule has 0 saturated heterocycles. The summed E-state index contributed by atoms with van der Waals surface area (Å²) in [5, 5.41) is 22.6. The Morgan fingerprint density at radius 2 is 1.76 bits per heavy atom. The van der Waals surface area contributed by atoms with Gasteiger partial charge < -0.3 is 10.2 Å². The van der Waals surface area contributed by atoms with Crippen molar-refractivity contribution in [2.24, 2.45) is 0 Å². The minimum Gasteiger partial charge on any atom is -0.504 e. The lowest BCUT2D eigenvalue weighted by Crippen LogP contribution is -1.81. The number of aromatic hydroxyl groups is 2. The molecule has 1 aromatic heterocycles. The van der Waals surface area contributed by atoms with Crippen LogP contribution in [-0.4, -0.2) is 15.2 Å². The zero-order valence-corrected chi connectivity index (χ0v) is 12.9. The van der Waals surface area contributed by atoms with Crippen molar-refractivity contribution in [3.8, 4) is 33.3 Å². The third kappa shape index (κ3) is 2.83. The molecule has 6 heteroatoms. The largest absolute Gasteiger partial charge is 0.504 e. The minimum absolute atomic E-state index is 0.156. The molecule has 3 aromatic rings. The maximum Gasteiger partial charge on any atom is 0.158 e. The van der Waals surface area contributed by atoms with Crippen LogP contribution in [0.1, 0.15) is 0 Å². The zero-order chi connectivity index (χ0) is 15.0. The summed E-state index contributed by atoms with van der Waals surface area (Å²) < 4.78 is 0. The van der Waals surface area contributed by atoms with Crippen molar-refractivity contribution in [1.29, 1.82) is 0 Å². The minimum atomic E-state index is -0.172. The molecule has 0 saturated carbocycles. The quantitative estimate of drug-likeness (QED) is 0.632. The van der Waals surface area contributed by atoms with Crippen LogP contribution in [-0.2, 0) is 0 Å². The molecule has 21 heavy (non-hydrogen) atoms. The molecule has 2 aromatic carbocycles. The Hall–Kier alpha value is -1.75. The van der Waals surface area contributed by atoms with Crippen molar-refractivity contribution in [3.63, 3.8) is 0 Å². The number of phenols is 2. The lowest BCUT2D eigenvalue weighted by Gasteiger charge is -2.02. The monoisotopic (exact) mass is 337 g/mol. The first kappa shape index (κ1) is 14.2. The molecule has 3 nitrogen and oxygen atoms in total. The average molecular weight is 338 g/mol. The molecule has 0 spiro atoms. The molecule has 1 heterocycles. The Labute approximate surface area is 135 Å². The fraction of sp³-hybridized carbons (Fsp3) is 0. The van der Waals surface area contributed by atoms with Crippen LogP contribution < -0.4 is 0 Å². The van der Waals surface area contributed by atoms with Gasteiger partial charge in [0.1, 0.15) is 5.01 Å². The third-order valence-electron chi connectivity index (χ3n) is 2.93. The molecule has 0 fully saturated rings. The van der Waals surface area contributed by atoms with Crippen LogP contribution in [0.4, 0.5) is 0 Å². The Morgan fingerprint density at radius 1 is 0.952 bits per heavy atom. The van der Waals surface area contributed by atoms with Gasteiger partial charge in [-0.25, -0.2) is 4.98 Å². The van der Waals surface area contributed by atoms with Gasteiger partial charge in [0, 0.05) is 21.5 Å². The first-order chi connectivity index (χ1) is 10.0. The van der Waals surface area contributed by atoms with E-state index in [1.54, 1.807) is 18.2 Å². The van der Waals surface area contributed by atoms with E-state index in [1.807, 2.05) is 11.4 Å². The Balaban J connectivity index is 2.01. The Bertz CT molecular complexity index is 817. The van der Waals surface area contributed by atoms with Crippen LogP contribution in [0, 0.1) is 0 Å². The third-order valence-corrected chi connectivity index (χ3v) is 4.37. The highest BCUT2D eigenvalue weighted by atomic mass is 35.5. The van der Waals surface area contributed by atoms with E-state index in [-0.39, 0.29) is 11.5 Å². The van der Waals surface area contributed by atoms with Crippen LogP contribution >= 0.6 is 34.5 Å². The zero-order valence-electron chi connectivity index (χ0n) is 10.5. The van der Waals surface area contributed by atoms with Gasteiger partial charge in [-0.1, -0.05) is 23.2 Å². The van der Waals surface area contributed by atoms with Gasteiger partial charge in [0.05, 0.1) is 10.7 Å². The first-order valence-electron chi connectivity index (χ1n) is 5.98. The molecule has 0 radical (unpaired) electrons. The lowest BCUT2D eigenvalue weighted by atomic mass is 10.1. The van der Waals surface area contributed by atoms with Gasteiger partial charge in [-0.2, -0.15) is 0 Å². The summed E-state index contributed by atoms with van der Waals surface area (Å²) in [6.45, 7) is 0. The summed E-state index contributed by atoms with van der Waals surface area (Å²) >= 11 is 13.5. The highest BCUT2D eigenvalue weighted by molar-refractivity contribution is 7.13. The molecule has 0 aliphatic carbocycles. The van der Waals surface area contributed by atoms with Gasteiger partial charge in [0.2, 0.25) is 0 Å². The van der Waals surface area contributed by atoms with E-state index < -0.39 is 0 Å². The average Bonchev–Trinajstić information content (AvgIpc) is 2.91. The van der Waals surface area contributed by atoms with Gasteiger partial charge >= 0.3 is 0 Å². The van der Waals surface area contributed by atoms with E-state index in [2.05, 4.69) is 4.98 Å². The van der Waals surface area contributed by atoms with Crippen molar-refractivity contribution in [1.82, 2.24) is 4.98 Å². The molecular weight excluding hydrogens is 329 g/mol. The summed E-state index contributed by atoms with van der Waals surface area (Å²) in [5.41, 5.74) is 2.27. The standard InChI is InChI=1S/C15H9Cl2NO2S/c16-9-2-3-10(11(17)6-9)12-7-21-15(18-12)8-1-4-13(19)14(20)5-8/h1-7,19-20H. The second-order valence-electron chi connectivity index (χ2n) is 4.37. The van der Waals surface area contributed by atoms with Crippen molar-refractivity contribution >= 4 is 34.5 Å². The van der Waals surface area contributed by atoms with E-state index in [4.69, 9.17) is 23.2 Å². The van der Waals surface area contributed by atoms with Crippen LogP contribution in [0.2, 0.25) is 10.0 Å². The highest BCUT2D eigenvalue weighted by Gasteiger charge is 2.11. The number of thiazole rings is 1. The number of rotatable bonds is 2. The first-order valence-corrected chi connectivity index (χ1v) is 7.61. The lowest BCUT2D eigenvalue weighted by molar-refractivity contribution is 0.404. The fourth-order valence-corrected chi connectivity index (χ4v) is 3.21. The van der Waals surface area contributed by atoms with Gasteiger partial charge in [-0.3, -0.25) is 0 Å². The molecular formula is C15H9Cl2NO2S. The van der Waals surface area contributed by atoms with Gasteiger partial charge in [-0.05, 0) is 36.4 Å². The smallest absolute Gasteiger partial charge is 0.158 e. The van der Waals surface area contributed by atoms with Crippen LogP contribution in [0.5, 0.6) is 11.5 Å². The van der Waals surface area contributed by atoms with E-state index in [0.29, 0.717) is 10.0 Å². The maximum atomic E-state index is 9.55. The molecule has 0 bridgehead atoms. The number of halogens is 2. The molecule has 0 unspecified atom stereocenters. The van der Waals surface area contributed by atoms with E-state index in [0.717, 1.165) is 21.8 Å². The summed E-state index contributed by atoms with van der Waals surface area (Å²) in [4.78, 5) is 4.51. The number of nitrogens with zero attached hydrogens (tertiary/aromatic N) is 1. The molecule has 106 valence electrons. The van der Waals surface area contributed by atoms with Gasteiger partial charge in [-0.15, -0.1) is 11.3 Å². The second-order valence-corrected chi connectivity index (χ2v) is 6.07. The topological polar surface area (TPSA) is 53.4 Å². The van der Waals surface area contributed by atoms with Gasteiger partial charge in [0.25, 0.3) is 0 Å². The summed E-state index contributed by atoms with van der Waals surface area (Å²) in [7, 11) is 0. The SMILES string of the molecule is Oc1ccc(-c2nc(-c3ccc(Cl)cc3Cl)cs2)cc1O. The molecule has 0 aliphatic heterocycles. The molecule has 2 N–H and O–H groups in total. The number of aromatic nitrogens is 1. The van der Waals surface area contributed by atoms with Crippen molar-refractivity contribution < 1.29 is 10.2 Å². The van der Waals surface area contributed by atoms with Crippen molar-refractivity contribution in [2.45, 2.75) is 0 Å². The van der Waals surface area contributed by atoms with Crippen molar-refractivity contribution in [2.75, 3.05) is 0 Å². The normalized spacial score (nSPS) is 10.8. The predicted molar refractivity (Wildman–Crippen MR) is 86.3 cm³/mol. The van der Waals surface area contributed by atoms with Gasteiger partial charge in [0.15, 0.2) is 11.5 Å². The number of hydrogen-bond acceptors (Lipinski definition) is 4. The Morgan fingerprint density at radius 3 is 2.48 bits per heavy atom. The van der Waals surface area contributed by atoms with Crippen LogP contribution in [0.25, 0.3) is 21.8 Å². The van der Waals surface area contributed by atoms with Crippen molar-refractivity contribution in [3.05, 3.63) is 51.8 Å². The summed E-state index contributed by atoms with van der Waals surface area (Å²) in [6.07, 6.45) is 0. The van der Waals surface area contributed by atoms with Crippen LogP contribution in [0.15, 0.2) is 41.8 Å². The number of benzene rings is 2. The van der Waals surface area contributed by atoms with E-state index in [9.17, 15) is 10.2 Å². The number of hydrogen-bond donors (Lipinski definition) is 2. The molecule has 0 atom stereocenters. The second kappa shape index (κ2) is 5.56. The Kier molecular flexibility index (Phi) is 3.76. The fourth-order valence-electron chi connectivity index (χ4n) is 1.88. The predicted octanol–water partition coefficient (Wildman–Crippen LogP) is 5.20. The molecule has 0 aliphatic rings. The highest BCUT2D eigenvalue weighted by Crippen LogP contribution is 2.36. The summed E-state index contributed by atoms with van der Waals surface area (Å²) in [6, 6.07) is 9.85.